The fourth-order valence-electron chi connectivity index (χ4n) is 3.74. The minimum absolute atomic E-state index is 0.537. The maximum atomic E-state index is 3.77. The molecule has 1 unspecified atom stereocenters. The SMILES string of the molecule is CCCC(CCC)C(NCC)c1cccc(C2CCC2)c1. The molecule has 1 aliphatic rings. The van der Waals surface area contributed by atoms with Crippen LogP contribution in [0.2, 0.25) is 0 Å². The molecule has 0 heterocycles. The lowest BCUT2D eigenvalue weighted by atomic mass is 9.78. The van der Waals surface area contributed by atoms with Gasteiger partial charge < -0.3 is 5.32 Å². The lowest BCUT2D eigenvalue weighted by Crippen LogP contribution is -2.28. The number of rotatable bonds is 9. The van der Waals surface area contributed by atoms with E-state index in [0.717, 1.165) is 18.4 Å². The zero-order valence-corrected chi connectivity index (χ0v) is 14.2. The number of hydrogen-bond acceptors (Lipinski definition) is 1. The van der Waals surface area contributed by atoms with Crippen molar-refractivity contribution in [2.45, 2.75) is 77.7 Å². The summed E-state index contributed by atoms with van der Waals surface area (Å²) in [7, 11) is 0. The molecule has 1 nitrogen and oxygen atoms in total. The van der Waals surface area contributed by atoms with Crippen LogP contribution >= 0.6 is 0 Å². The molecule has 1 heteroatoms. The van der Waals surface area contributed by atoms with E-state index in [1.165, 1.54) is 50.5 Å². The topological polar surface area (TPSA) is 12.0 Å². The molecule has 0 aliphatic heterocycles. The zero-order chi connectivity index (χ0) is 15.1. The van der Waals surface area contributed by atoms with E-state index in [0.29, 0.717) is 6.04 Å². The van der Waals surface area contributed by atoms with E-state index >= 15 is 0 Å². The van der Waals surface area contributed by atoms with Gasteiger partial charge in [0.25, 0.3) is 0 Å². The molecule has 1 fully saturated rings. The zero-order valence-electron chi connectivity index (χ0n) is 14.2. The van der Waals surface area contributed by atoms with Gasteiger partial charge in [0, 0.05) is 6.04 Å². The first-order valence-electron chi connectivity index (χ1n) is 9.13. The van der Waals surface area contributed by atoms with Crippen LogP contribution in [0.4, 0.5) is 0 Å². The average molecular weight is 287 g/mol. The highest BCUT2D eigenvalue weighted by molar-refractivity contribution is 5.30. The molecule has 118 valence electrons. The average Bonchev–Trinajstić information content (AvgIpc) is 2.43. The van der Waals surface area contributed by atoms with E-state index in [1.54, 1.807) is 5.56 Å². The Morgan fingerprint density at radius 3 is 2.33 bits per heavy atom. The Morgan fingerprint density at radius 2 is 1.81 bits per heavy atom. The summed E-state index contributed by atoms with van der Waals surface area (Å²) in [5, 5.41) is 3.77. The van der Waals surface area contributed by atoms with Crippen molar-refractivity contribution in [3.8, 4) is 0 Å². The van der Waals surface area contributed by atoms with E-state index in [1.807, 2.05) is 0 Å². The van der Waals surface area contributed by atoms with Gasteiger partial charge in [-0.3, -0.25) is 0 Å². The number of hydrogen-bond donors (Lipinski definition) is 1. The fraction of sp³-hybridized carbons (Fsp3) is 0.700. The van der Waals surface area contributed by atoms with Gasteiger partial charge in [-0.15, -0.1) is 0 Å². The van der Waals surface area contributed by atoms with Crippen molar-refractivity contribution in [3.05, 3.63) is 35.4 Å². The van der Waals surface area contributed by atoms with Crippen molar-refractivity contribution in [2.24, 2.45) is 5.92 Å². The number of benzene rings is 1. The van der Waals surface area contributed by atoms with Crippen molar-refractivity contribution in [1.29, 1.82) is 0 Å². The van der Waals surface area contributed by atoms with Crippen LogP contribution in [-0.2, 0) is 0 Å². The van der Waals surface area contributed by atoms with Crippen LogP contribution in [0.1, 0.15) is 88.8 Å². The second-order valence-corrected chi connectivity index (χ2v) is 6.67. The van der Waals surface area contributed by atoms with E-state index in [-0.39, 0.29) is 0 Å². The molecule has 0 spiro atoms. The quantitative estimate of drug-likeness (QED) is 0.603. The second kappa shape index (κ2) is 8.58. The minimum Gasteiger partial charge on any atom is -0.310 e. The Labute approximate surface area is 131 Å². The van der Waals surface area contributed by atoms with Crippen LogP contribution in [0.5, 0.6) is 0 Å². The molecule has 0 radical (unpaired) electrons. The molecule has 0 aromatic heterocycles. The predicted octanol–water partition coefficient (Wildman–Crippen LogP) is 5.82. The monoisotopic (exact) mass is 287 g/mol. The van der Waals surface area contributed by atoms with Gasteiger partial charge in [0.05, 0.1) is 0 Å². The molecule has 0 bridgehead atoms. The molecule has 1 aromatic rings. The molecular weight excluding hydrogens is 254 g/mol. The van der Waals surface area contributed by atoms with Gasteiger partial charge in [-0.2, -0.15) is 0 Å². The van der Waals surface area contributed by atoms with Gasteiger partial charge in [-0.1, -0.05) is 64.3 Å². The predicted molar refractivity (Wildman–Crippen MR) is 92.8 cm³/mol. The molecule has 1 aliphatic carbocycles. The summed E-state index contributed by atoms with van der Waals surface area (Å²) in [6.07, 6.45) is 9.44. The highest BCUT2D eigenvalue weighted by Crippen LogP contribution is 2.38. The molecule has 1 atom stereocenters. The van der Waals surface area contributed by atoms with Crippen molar-refractivity contribution < 1.29 is 0 Å². The van der Waals surface area contributed by atoms with Gasteiger partial charge >= 0.3 is 0 Å². The fourth-order valence-corrected chi connectivity index (χ4v) is 3.74. The highest BCUT2D eigenvalue weighted by atomic mass is 14.9. The van der Waals surface area contributed by atoms with Gasteiger partial charge in [-0.05, 0) is 55.2 Å². The van der Waals surface area contributed by atoms with Gasteiger partial charge in [0.2, 0.25) is 0 Å². The van der Waals surface area contributed by atoms with E-state index in [4.69, 9.17) is 0 Å². The Morgan fingerprint density at radius 1 is 1.10 bits per heavy atom. The Hall–Kier alpha value is -0.820. The Kier molecular flexibility index (Phi) is 6.76. The van der Waals surface area contributed by atoms with Gasteiger partial charge in [-0.25, -0.2) is 0 Å². The largest absolute Gasteiger partial charge is 0.310 e. The summed E-state index contributed by atoms with van der Waals surface area (Å²) in [6, 6.07) is 9.99. The Balaban J connectivity index is 2.18. The maximum absolute atomic E-state index is 3.77. The van der Waals surface area contributed by atoms with Crippen molar-refractivity contribution >= 4 is 0 Å². The summed E-state index contributed by atoms with van der Waals surface area (Å²) in [6.45, 7) is 7.92. The summed E-state index contributed by atoms with van der Waals surface area (Å²) in [5.41, 5.74) is 3.10. The van der Waals surface area contributed by atoms with Gasteiger partial charge in [0.1, 0.15) is 0 Å². The third-order valence-corrected chi connectivity index (χ3v) is 5.06. The first kappa shape index (κ1) is 16.5. The van der Waals surface area contributed by atoms with Gasteiger partial charge in [0.15, 0.2) is 0 Å². The summed E-state index contributed by atoms with van der Waals surface area (Å²) < 4.78 is 0. The van der Waals surface area contributed by atoms with Crippen LogP contribution in [0.3, 0.4) is 0 Å². The minimum atomic E-state index is 0.537. The lowest BCUT2D eigenvalue weighted by molar-refractivity contribution is 0.319. The lowest BCUT2D eigenvalue weighted by Gasteiger charge is -2.30. The molecule has 1 N–H and O–H groups in total. The molecular formula is C20H33N. The maximum Gasteiger partial charge on any atom is 0.0348 e. The van der Waals surface area contributed by atoms with E-state index < -0.39 is 0 Å². The summed E-state index contributed by atoms with van der Waals surface area (Å²) >= 11 is 0. The summed E-state index contributed by atoms with van der Waals surface area (Å²) in [4.78, 5) is 0. The van der Waals surface area contributed by atoms with Crippen LogP contribution in [0.15, 0.2) is 24.3 Å². The first-order valence-corrected chi connectivity index (χ1v) is 9.13. The molecule has 0 saturated heterocycles. The van der Waals surface area contributed by atoms with Crippen LogP contribution in [0, 0.1) is 5.92 Å². The van der Waals surface area contributed by atoms with Crippen molar-refractivity contribution in [1.82, 2.24) is 5.32 Å². The first-order chi connectivity index (χ1) is 10.3. The Bertz CT molecular complexity index is 402. The molecule has 1 aromatic carbocycles. The molecule has 21 heavy (non-hydrogen) atoms. The third-order valence-electron chi connectivity index (χ3n) is 5.06. The molecule has 0 amide bonds. The van der Waals surface area contributed by atoms with Crippen LogP contribution in [-0.4, -0.2) is 6.54 Å². The summed E-state index contributed by atoms with van der Waals surface area (Å²) in [5.74, 6) is 1.61. The van der Waals surface area contributed by atoms with Crippen LogP contribution < -0.4 is 5.32 Å². The van der Waals surface area contributed by atoms with E-state index in [2.05, 4.69) is 50.4 Å². The van der Waals surface area contributed by atoms with Crippen LogP contribution in [0.25, 0.3) is 0 Å². The standard InChI is InChI=1S/C20H33N/c1-4-9-17(10-5-2)20(21-6-3)19-14-8-13-18(15-19)16-11-7-12-16/h8,13-17,20-21H,4-7,9-12H2,1-3H3. The smallest absolute Gasteiger partial charge is 0.0348 e. The molecule has 1 saturated carbocycles. The third kappa shape index (κ3) is 4.32. The van der Waals surface area contributed by atoms with Crippen molar-refractivity contribution in [3.63, 3.8) is 0 Å². The van der Waals surface area contributed by atoms with E-state index in [9.17, 15) is 0 Å². The van der Waals surface area contributed by atoms with Crippen molar-refractivity contribution in [2.75, 3.05) is 6.54 Å². The second-order valence-electron chi connectivity index (χ2n) is 6.67. The molecule has 2 rings (SSSR count). The normalized spacial score (nSPS) is 17.0. The number of nitrogens with one attached hydrogen (secondary N) is 1. The highest BCUT2D eigenvalue weighted by Gasteiger charge is 2.24.